The minimum atomic E-state index is 0.586. The minimum absolute atomic E-state index is 0.586. The highest BCUT2D eigenvalue weighted by Gasteiger charge is 2.23. The molecule has 5 heteroatoms. The number of hydrogen-bond donors (Lipinski definition) is 0. The second-order valence-corrected chi connectivity index (χ2v) is 11.4. The Hall–Kier alpha value is -6.07. The maximum absolute atomic E-state index is 5.20. The van der Waals surface area contributed by atoms with Gasteiger partial charge in [-0.3, -0.25) is 4.57 Å². The largest absolute Gasteiger partial charge is 0.307 e. The van der Waals surface area contributed by atoms with Gasteiger partial charge in [-0.05, 0) is 31.2 Å². The van der Waals surface area contributed by atoms with E-state index in [-0.39, 0.29) is 0 Å². The average Bonchev–Trinajstić information content (AvgIpc) is 3.62. The molecule has 0 fully saturated rings. The highest BCUT2D eigenvalue weighted by molar-refractivity contribution is 6.23. The average molecular weight is 578 g/mol. The summed E-state index contributed by atoms with van der Waals surface area (Å²) in [5.41, 5.74) is 8.57. The molecule has 3 heterocycles. The van der Waals surface area contributed by atoms with Crippen molar-refractivity contribution in [3.05, 3.63) is 151 Å². The van der Waals surface area contributed by atoms with E-state index in [0.29, 0.717) is 17.6 Å². The fourth-order valence-corrected chi connectivity index (χ4v) is 6.57. The van der Waals surface area contributed by atoms with Gasteiger partial charge >= 0.3 is 0 Å². The molecule has 0 radical (unpaired) electrons. The number of nitrogens with zero attached hydrogens (tertiary/aromatic N) is 5. The highest BCUT2D eigenvalue weighted by atomic mass is 15.2. The van der Waals surface area contributed by atoms with Crippen LogP contribution in [0, 0.1) is 6.92 Å². The van der Waals surface area contributed by atoms with Crippen LogP contribution in [0.2, 0.25) is 0 Å². The Bertz CT molecular complexity index is 2530. The monoisotopic (exact) mass is 577 g/mol. The van der Waals surface area contributed by atoms with Crippen LogP contribution in [0.1, 0.15) is 5.56 Å². The van der Waals surface area contributed by atoms with E-state index in [1.54, 1.807) is 0 Å². The molecule has 0 atom stereocenters. The zero-order chi connectivity index (χ0) is 29.9. The van der Waals surface area contributed by atoms with Gasteiger partial charge in [0.05, 0.1) is 22.1 Å². The Morgan fingerprint density at radius 3 is 1.51 bits per heavy atom. The summed E-state index contributed by atoms with van der Waals surface area (Å²) in [6.45, 7) is 2.09. The maximum Gasteiger partial charge on any atom is 0.238 e. The maximum atomic E-state index is 5.20. The van der Waals surface area contributed by atoms with Gasteiger partial charge in [0.2, 0.25) is 5.95 Å². The van der Waals surface area contributed by atoms with Crippen molar-refractivity contribution >= 4 is 43.6 Å². The van der Waals surface area contributed by atoms with E-state index in [9.17, 15) is 0 Å². The number of rotatable bonds is 4. The number of aromatic nitrogens is 5. The van der Waals surface area contributed by atoms with Crippen LogP contribution >= 0.6 is 0 Å². The predicted molar refractivity (Wildman–Crippen MR) is 184 cm³/mol. The summed E-state index contributed by atoms with van der Waals surface area (Å²) in [4.78, 5) is 15.4. The smallest absolute Gasteiger partial charge is 0.238 e. The second kappa shape index (κ2) is 10.00. The molecule has 0 spiro atoms. The summed E-state index contributed by atoms with van der Waals surface area (Å²) >= 11 is 0. The molecule has 0 aliphatic rings. The van der Waals surface area contributed by atoms with Crippen LogP contribution in [-0.4, -0.2) is 24.1 Å². The van der Waals surface area contributed by atoms with Gasteiger partial charge in [-0.1, -0.05) is 127 Å². The van der Waals surface area contributed by atoms with Crippen LogP contribution < -0.4 is 0 Å². The molecular weight excluding hydrogens is 550 g/mol. The Labute approximate surface area is 259 Å². The molecule has 5 nitrogen and oxygen atoms in total. The third kappa shape index (κ3) is 3.98. The Morgan fingerprint density at radius 2 is 0.889 bits per heavy atom. The predicted octanol–water partition coefficient (Wildman–Crippen LogP) is 9.71. The number of benzene rings is 6. The number of aryl methyl sites for hydroxylation is 1. The molecule has 6 aromatic carbocycles. The van der Waals surface area contributed by atoms with Crippen LogP contribution in [0.3, 0.4) is 0 Å². The molecule has 9 rings (SSSR count). The third-order valence-electron chi connectivity index (χ3n) is 8.65. The van der Waals surface area contributed by atoms with Gasteiger partial charge in [-0.15, -0.1) is 0 Å². The second-order valence-electron chi connectivity index (χ2n) is 11.4. The topological polar surface area (TPSA) is 48.5 Å². The molecule has 0 saturated heterocycles. The van der Waals surface area contributed by atoms with Crippen molar-refractivity contribution in [1.82, 2.24) is 24.1 Å². The van der Waals surface area contributed by atoms with E-state index < -0.39 is 0 Å². The van der Waals surface area contributed by atoms with Crippen LogP contribution in [0.5, 0.6) is 0 Å². The zero-order valence-corrected chi connectivity index (χ0v) is 24.6. The van der Waals surface area contributed by atoms with Crippen LogP contribution in [-0.2, 0) is 0 Å². The molecule has 0 aliphatic heterocycles. The zero-order valence-electron chi connectivity index (χ0n) is 24.6. The number of para-hydroxylation sites is 3. The molecular formula is C40H27N5. The van der Waals surface area contributed by atoms with Crippen molar-refractivity contribution in [2.75, 3.05) is 0 Å². The summed E-state index contributed by atoms with van der Waals surface area (Å²) in [6, 6.07) is 50.8. The van der Waals surface area contributed by atoms with Crippen molar-refractivity contribution in [1.29, 1.82) is 0 Å². The summed E-state index contributed by atoms with van der Waals surface area (Å²) in [5.74, 6) is 1.86. The standard InChI is InChI=1S/C40H27N5/c1-26-20-22-28(23-21-26)39-41-38(27-12-4-2-5-13-27)42-40(43-39)45-35-19-11-9-17-31(35)33-25-24-32-30-16-8-10-18-34(30)44(36(32)37(33)45)29-14-6-3-7-15-29/h2-25H,1H3. The Balaban J connectivity index is 1.47. The lowest BCUT2D eigenvalue weighted by Gasteiger charge is -2.13. The van der Waals surface area contributed by atoms with E-state index in [1.165, 1.54) is 16.3 Å². The van der Waals surface area contributed by atoms with Gasteiger partial charge in [-0.2, -0.15) is 9.97 Å². The summed E-state index contributed by atoms with van der Waals surface area (Å²) in [7, 11) is 0. The first-order valence-corrected chi connectivity index (χ1v) is 15.1. The van der Waals surface area contributed by atoms with Crippen molar-refractivity contribution in [2.45, 2.75) is 6.92 Å². The van der Waals surface area contributed by atoms with Crippen molar-refractivity contribution in [3.8, 4) is 34.4 Å². The van der Waals surface area contributed by atoms with Gasteiger partial charge in [-0.25, -0.2) is 4.98 Å². The van der Waals surface area contributed by atoms with Crippen molar-refractivity contribution in [3.63, 3.8) is 0 Å². The molecule has 3 aromatic heterocycles. The van der Waals surface area contributed by atoms with Gasteiger partial charge < -0.3 is 4.57 Å². The van der Waals surface area contributed by atoms with E-state index in [0.717, 1.165) is 49.7 Å². The van der Waals surface area contributed by atoms with E-state index >= 15 is 0 Å². The van der Waals surface area contributed by atoms with Crippen LogP contribution in [0.4, 0.5) is 0 Å². The van der Waals surface area contributed by atoms with Crippen LogP contribution in [0.15, 0.2) is 146 Å². The lowest BCUT2D eigenvalue weighted by Crippen LogP contribution is -2.07. The molecule has 0 amide bonds. The molecule has 45 heavy (non-hydrogen) atoms. The van der Waals surface area contributed by atoms with Crippen molar-refractivity contribution < 1.29 is 0 Å². The first-order valence-electron chi connectivity index (χ1n) is 15.1. The first-order chi connectivity index (χ1) is 22.2. The van der Waals surface area contributed by atoms with Crippen molar-refractivity contribution in [2.24, 2.45) is 0 Å². The quantitative estimate of drug-likeness (QED) is 0.209. The molecule has 0 N–H and O–H groups in total. The Morgan fingerprint density at radius 1 is 0.400 bits per heavy atom. The molecule has 0 aliphatic carbocycles. The summed E-state index contributed by atoms with van der Waals surface area (Å²) < 4.78 is 4.61. The normalized spacial score (nSPS) is 11.7. The van der Waals surface area contributed by atoms with E-state index in [4.69, 9.17) is 15.0 Å². The molecule has 0 unspecified atom stereocenters. The molecule has 212 valence electrons. The molecule has 0 bridgehead atoms. The lowest BCUT2D eigenvalue weighted by molar-refractivity contribution is 0.953. The SMILES string of the molecule is Cc1ccc(-c2nc(-c3ccccc3)nc(-n3c4ccccc4c4ccc5c6ccccc6n(-c6ccccc6)c5c43)n2)cc1. The number of hydrogen-bond acceptors (Lipinski definition) is 3. The van der Waals surface area contributed by atoms with E-state index in [2.05, 4.69) is 143 Å². The minimum Gasteiger partial charge on any atom is -0.307 e. The van der Waals surface area contributed by atoms with E-state index in [1.807, 2.05) is 18.2 Å². The first kappa shape index (κ1) is 25.4. The fraction of sp³-hybridized carbons (Fsp3) is 0.0250. The van der Waals surface area contributed by atoms with Gasteiger partial charge in [0, 0.05) is 38.4 Å². The Kier molecular flexibility index (Phi) is 5.65. The molecule has 9 aromatic rings. The highest BCUT2D eigenvalue weighted by Crippen LogP contribution is 2.41. The lowest BCUT2D eigenvalue weighted by atomic mass is 10.1. The number of fused-ring (bicyclic) bond motifs is 7. The van der Waals surface area contributed by atoms with Crippen LogP contribution in [0.25, 0.3) is 78.0 Å². The van der Waals surface area contributed by atoms with Gasteiger partial charge in [0.15, 0.2) is 11.6 Å². The summed E-state index contributed by atoms with van der Waals surface area (Å²) in [5, 5.41) is 4.69. The van der Waals surface area contributed by atoms with Gasteiger partial charge in [0.1, 0.15) is 0 Å². The fourth-order valence-electron chi connectivity index (χ4n) is 6.57. The third-order valence-corrected chi connectivity index (χ3v) is 8.65. The summed E-state index contributed by atoms with van der Waals surface area (Å²) in [6.07, 6.45) is 0. The van der Waals surface area contributed by atoms with Gasteiger partial charge in [0.25, 0.3) is 0 Å². The molecule has 0 saturated carbocycles.